The predicted molar refractivity (Wildman–Crippen MR) is 83.1 cm³/mol. The highest BCUT2D eigenvalue weighted by atomic mass is 32.1. The summed E-state index contributed by atoms with van der Waals surface area (Å²) in [5, 5.41) is 0. The summed E-state index contributed by atoms with van der Waals surface area (Å²) in [6.45, 7) is 9.98. The fourth-order valence-corrected chi connectivity index (χ4v) is 3.67. The van der Waals surface area contributed by atoms with Crippen molar-refractivity contribution in [1.29, 1.82) is 0 Å². The van der Waals surface area contributed by atoms with E-state index in [4.69, 9.17) is 5.73 Å². The topological polar surface area (TPSA) is 59.2 Å². The second kappa shape index (κ2) is 5.82. The number of piperidine rings is 1. The molecule has 4 nitrogen and oxygen atoms in total. The molecule has 1 aromatic rings. The van der Waals surface area contributed by atoms with Gasteiger partial charge in [0.05, 0.1) is 11.2 Å². The molecule has 1 aromatic heterocycles. The van der Waals surface area contributed by atoms with Gasteiger partial charge in [-0.15, -0.1) is 11.3 Å². The SMILES string of the molecule is CC(N)C1CCN(C(=O)c2scnc2C(C)(C)C)CC1. The minimum atomic E-state index is -0.0882. The van der Waals surface area contributed by atoms with Crippen LogP contribution in [0.5, 0.6) is 0 Å². The van der Waals surface area contributed by atoms with Crippen molar-refractivity contribution in [2.45, 2.75) is 52.0 Å². The fourth-order valence-electron chi connectivity index (χ4n) is 2.70. The van der Waals surface area contributed by atoms with Gasteiger partial charge in [-0.05, 0) is 25.7 Å². The zero-order chi connectivity index (χ0) is 14.9. The van der Waals surface area contributed by atoms with E-state index < -0.39 is 0 Å². The first-order chi connectivity index (χ1) is 9.30. The molecule has 2 rings (SSSR count). The third-order valence-electron chi connectivity index (χ3n) is 4.04. The van der Waals surface area contributed by atoms with Crippen LogP contribution in [0.3, 0.4) is 0 Å². The van der Waals surface area contributed by atoms with Crippen LogP contribution in [0.15, 0.2) is 5.51 Å². The molecule has 1 aliphatic heterocycles. The molecule has 0 spiro atoms. The Morgan fingerprint density at radius 3 is 2.55 bits per heavy atom. The van der Waals surface area contributed by atoms with E-state index in [2.05, 4.69) is 32.7 Å². The van der Waals surface area contributed by atoms with Crippen molar-refractivity contribution in [1.82, 2.24) is 9.88 Å². The number of amides is 1. The lowest BCUT2D eigenvalue weighted by atomic mass is 9.89. The van der Waals surface area contributed by atoms with Gasteiger partial charge < -0.3 is 10.6 Å². The van der Waals surface area contributed by atoms with Crippen LogP contribution in [0.2, 0.25) is 0 Å². The van der Waals surface area contributed by atoms with Crippen molar-refractivity contribution >= 4 is 17.2 Å². The van der Waals surface area contributed by atoms with Gasteiger partial charge in [0.2, 0.25) is 0 Å². The van der Waals surface area contributed by atoms with Crippen molar-refractivity contribution in [3.8, 4) is 0 Å². The highest BCUT2D eigenvalue weighted by Gasteiger charge is 2.30. The summed E-state index contributed by atoms with van der Waals surface area (Å²) >= 11 is 1.46. The molecular formula is C15H25N3OS. The summed E-state index contributed by atoms with van der Waals surface area (Å²) in [5.41, 5.74) is 8.56. The number of carbonyl (C=O) groups excluding carboxylic acids is 1. The number of rotatable bonds is 2. The van der Waals surface area contributed by atoms with Crippen LogP contribution in [0.25, 0.3) is 0 Å². The monoisotopic (exact) mass is 295 g/mol. The number of nitrogens with zero attached hydrogens (tertiary/aromatic N) is 2. The zero-order valence-corrected chi connectivity index (χ0v) is 13.7. The Bertz CT molecular complexity index is 468. The second-order valence-corrected chi connectivity index (χ2v) is 7.62. The van der Waals surface area contributed by atoms with Gasteiger partial charge in [0.15, 0.2) is 0 Å². The van der Waals surface area contributed by atoms with Gasteiger partial charge in [0, 0.05) is 24.5 Å². The highest BCUT2D eigenvalue weighted by Crippen LogP contribution is 2.29. The molecule has 2 N–H and O–H groups in total. The summed E-state index contributed by atoms with van der Waals surface area (Å²) in [7, 11) is 0. The third kappa shape index (κ3) is 3.20. The molecular weight excluding hydrogens is 270 g/mol. The highest BCUT2D eigenvalue weighted by molar-refractivity contribution is 7.11. The Morgan fingerprint density at radius 2 is 2.05 bits per heavy atom. The van der Waals surface area contributed by atoms with Gasteiger partial charge in [-0.25, -0.2) is 4.98 Å². The van der Waals surface area contributed by atoms with Crippen LogP contribution in [0.1, 0.15) is 55.9 Å². The van der Waals surface area contributed by atoms with E-state index in [9.17, 15) is 4.79 Å². The summed E-state index contributed by atoms with van der Waals surface area (Å²) in [6, 6.07) is 0.223. The van der Waals surface area contributed by atoms with Gasteiger partial charge in [0.25, 0.3) is 5.91 Å². The van der Waals surface area contributed by atoms with Crippen molar-refractivity contribution in [2.75, 3.05) is 13.1 Å². The number of carbonyl (C=O) groups is 1. The summed E-state index contributed by atoms with van der Waals surface area (Å²) in [5.74, 6) is 0.683. The van der Waals surface area contributed by atoms with Gasteiger partial charge in [0.1, 0.15) is 4.88 Å². The van der Waals surface area contributed by atoms with E-state index in [1.807, 2.05) is 4.90 Å². The number of aromatic nitrogens is 1. The lowest BCUT2D eigenvalue weighted by molar-refractivity contribution is 0.0683. The maximum atomic E-state index is 12.7. The number of thiazole rings is 1. The molecule has 112 valence electrons. The van der Waals surface area contributed by atoms with E-state index in [1.54, 1.807) is 5.51 Å². The van der Waals surface area contributed by atoms with E-state index in [0.29, 0.717) is 5.92 Å². The van der Waals surface area contributed by atoms with Crippen LogP contribution in [-0.2, 0) is 5.41 Å². The van der Waals surface area contributed by atoms with E-state index in [-0.39, 0.29) is 17.4 Å². The molecule has 20 heavy (non-hydrogen) atoms. The molecule has 1 unspecified atom stereocenters. The number of nitrogens with two attached hydrogens (primary N) is 1. The molecule has 5 heteroatoms. The average Bonchev–Trinajstić information content (AvgIpc) is 2.87. The maximum Gasteiger partial charge on any atom is 0.265 e. The Labute approximate surface area is 125 Å². The Kier molecular flexibility index (Phi) is 4.49. The molecule has 0 radical (unpaired) electrons. The maximum absolute atomic E-state index is 12.7. The first-order valence-electron chi connectivity index (χ1n) is 7.29. The fraction of sp³-hybridized carbons (Fsp3) is 0.733. The molecule has 0 saturated carbocycles. The Hall–Kier alpha value is -0.940. The van der Waals surface area contributed by atoms with Gasteiger partial charge in [-0.2, -0.15) is 0 Å². The molecule has 1 saturated heterocycles. The second-order valence-electron chi connectivity index (χ2n) is 6.77. The smallest absolute Gasteiger partial charge is 0.265 e. The molecule has 1 aliphatic rings. The number of hydrogen-bond donors (Lipinski definition) is 1. The molecule has 2 heterocycles. The summed E-state index contributed by atoms with van der Waals surface area (Å²) in [6.07, 6.45) is 2.01. The normalized spacial score (nSPS) is 19.1. The standard InChI is InChI=1S/C15H25N3OS/c1-10(16)11-5-7-18(8-6-11)14(19)12-13(15(2,3)4)17-9-20-12/h9-11H,5-8,16H2,1-4H3. The van der Waals surface area contributed by atoms with E-state index in [1.165, 1.54) is 11.3 Å². The number of likely N-dealkylation sites (tertiary alicyclic amines) is 1. The lowest BCUT2D eigenvalue weighted by Gasteiger charge is -2.34. The molecule has 1 atom stereocenters. The van der Waals surface area contributed by atoms with Crippen LogP contribution in [0, 0.1) is 5.92 Å². The van der Waals surface area contributed by atoms with E-state index >= 15 is 0 Å². The zero-order valence-electron chi connectivity index (χ0n) is 12.8. The first-order valence-corrected chi connectivity index (χ1v) is 8.17. The quantitative estimate of drug-likeness (QED) is 0.912. The Balaban J connectivity index is 2.08. The molecule has 0 aromatic carbocycles. The van der Waals surface area contributed by atoms with Crippen LogP contribution >= 0.6 is 11.3 Å². The van der Waals surface area contributed by atoms with Crippen molar-refractivity contribution < 1.29 is 4.79 Å². The molecule has 1 fully saturated rings. The van der Waals surface area contributed by atoms with Gasteiger partial charge in [-0.3, -0.25) is 4.79 Å². The summed E-state index contributed by atoms with van der Waals surface area (Å²) in [4.78, 5) is 19.8. The van der Waals surface area contributed by atoms with Crippen LogP contribution in [-0.4, -0.2) is 34.9 Å². The minimum Gasteiger partial charge on any atom is -0.338 e. The Morgan fingerprint density at radius 1 is 1.45 bits per heavy atom. The summed E-state index contributed by atoms with van der Waals surface area (Å²) < 4.78 is 0. The van der Waals surface area contributed by atoms with Crippen molar-refractivity contribution in [3.63, 3.8) is 0 Å². The predicted octanol–water partition coefficient (Wildman–Crippen LogP) is 2.64. The molecule has 0 aliphatic carbocycles. The van der Waals surface area contributed by atoms with Crippen molar-refractivity contribution in [2.24, 2.45) is 11.7 Å². The van der Waals surface area contributed by atoms with E-state index in [0.717, 1.165) is 36.5 Å². The van der Waals surface area contributed by atoms with Crippen molar-refractivity contribution in [3.05, 3.63) is 16.1 Å². The first kappa shape index (κ1) is 15.4. The van der Waals surface area contributed by atoms with Gasteiger partial charge >= 0.3 is 0 Å². The van der Waals surface area contributed by atoms with Crippen LogP contribution < -0.4 is 5.73 Å². The van der Waals surface area contributed by atoms with Crippen LogP contribution in [0.4, 0.5) is 0 Å². The molecule has 1 amide bonds. The minimum absolute atomic E-state index is 0.0882. The third-order valence-corrected chi connectivity index (χ3v) is 4.86. The lowest BCUT2D eigenvalue weighted by Crippen LogP contribution is -2.42. The largest absolute Gasteiger partial charge is 0.338 e. The van der Waals surface area contributed by atoms with Gasteiger partial charge in [-0.1, -0.05) is 20.8 Å². The number of hydrogen-bond acceptors (Lipinski definition) is 4. The average molecular weight is 295 g/mol. The molecule has 0 bridgehead atoms.